The largest absolute Gasteiger partial charge is 0.398 e. The van der Waals surface area contributed by atoms with Crippen molar-refractivity contribution in [3.8, 4) is 0 Å². The fourth-order valence-corrected chi connectivity index (χ4v) is 2.99. The highest BCUT2D eigenvalue weighted by molar-refractivity contribution is 9.10. The highest BCUT2D eigenvalue weighted by Crippen LogP contribution is 2.23. The number of nitrogens with two attached hydrogens (primary N) is 1. The third-order valence-electron chi connectivity index (χ3n) is 2.59. The molecule has 0 atom stereocenters. The molecule has 0 radical (unpaired) electrons. The Morgan fingerprint density at radius 2 is 2.20 bits per heavy atom. The number of rotatable bonds is 4. The van der Waals surface area contributed by atoms with Crippen LogP contribution in [0.1, 0.15) is 15.2 Å². The van der Waals surface area contributed by atoms with E-state index in [4.69, 9.17) is 5.73 Å². The molecule has 0 saturated heterocycles. The molecule has 0 aliphatic carbocycles. The summed E-state index contributed by atoms with van der Waals surface area (Å²) in [6.07, 6.45) is 0. The minimum Gasteiger partial charge on any atom is -0.398 e. The molecule has 8 heteroatoms. The van der Waals surface area contributed by atoms with Crippen molar-refractivity contribution in [1.82, 2.24) is 5.32 Å². The van der Waals surface area contributed by atoms with Crippen molar-refractivity contribution in [2.24, 2.45) is 0 Å². The SMILES string of the molecule is Nc1ccc([N+](=O)[O-])cc1C(=O)NCc1sccc1Br. The van der Waals surface area contributed by atoms with Crippen LogP contribution >= 0.6 is 27.3 Å². The summed E-state index contributed by atoms with van der Waals surface area (Å²) in [7, 11) is 0. The van der Waals surface area contributed by atoms with Gasteiger partial charge in [-0.25, -0.2) is 0 Å². The Morgan fingerprint density at radius 3 is 2.80 bits per heavy atom. The number of carbonyl (C=O) groups is 1. The van der Waals surface area contributed by atoms with Crippen LogP contribution in [0.15, 0.2) is 34.1 Å². The Hall–Kier alpha value is -1.93. The summed E-state index contributed by atoms with van der Waals surface area (Å²) >= 11 is 4.86. The van der Waals surface area contributed by atoms with Gasteiger partial charge < -0.3 is 11.1 Å². The molecule has 2 rings (SSSR count). The number of thiophene rings is 1. The van der Waals surface area contributed by atoms with E-state index >= 15 is 0 Å². The number of nitro groups is 1. The highest BCUT2D eigenvalue weighted by Gasteiger charge is 2.15. The van der Waals surface area contributed by atoms with E-state index in [1.54, 1.807) is 0 Å². The van der Waals surface area contributed by atoms with Gasteiger partial charge in [0.25, 0.3) is 11.6 Å². The van der Waals surface area contributed by atoms with Crippen molar-refractivity contribution in [1.29, 1.82) is 0 Å². The third-order valence-corrected chi connectivity index (χ3v) is 4.52. The van der Waals surface area contributed by atoms with Gasteiger partial charge in [-0.2, -0.15) is 0 Å². The number of nitrogens with one attached hydrogen (secondary N) is 1. The normalized spacial score (nSPS) is 10.2. The standard InChI is InChI=1S/C12H10BrN3O3S/c13-9-3-4-20-11(9)6-15-12(17)8-5-7(16(18)19)1-2-10(8)14/h1-5H,6,14H2,(H,15,17). The highest BCUT2D eigenvalue weighted by atomic mass is 79.9. The zero-order chi connectivity index (χ0) is 14.7. The minimum atomic E-state index is -0.563. The van der Waals surface area contributed by atoms with Crippen LogP contribution < -0.4 is 11.1 Å². The summed E-state index contributed by atoms with van der Waals surface area (Å²) in [4.78, 5) is 23.1. The van der Waals surface area contributed by atoms with Crippen LogP contribution in [0.2, 0.25) is 0 Å². The number of nitrogen functional groups attached to an aromatic ring is 1. The van der Waals surface area contributed by atoms with Crippen molar-refractivity contribution in [2.75, 3.05) is 5.73 Å². The van der Waals surface area contributed by atoms with E-state index in [2.05, 4.69) is 21.2 Å². The molecule has 0 bridgehead atoms. The molecule has 0 spiro atoms. The Balaban J connectivity index is 2.15. The molecule has 2 aromatic rings. The van der Waals surface area contributed by atoms with Crippen molar-refractivity contribution in [2.45, 2.75) is 6.54 Å². The van der Waals surface area contributed by atoms with E-state index in [0.29, 0.717) is 6.54 Å². The molecule has 0 fully saturated rings. The zero-order valence-corrected chi connectivity index (χ0v) is 12.5. The molecule has 6 nitrogen and oxygen atoms in total. The summed E-state index contributed by atoms with van der Waals surface area (Å²) < 4.78 is 0.912. The van der Waals surface area contributed by atoms with Crippen LogP contribution in [0.25, 0.3) is 0 Å². The van der Waals surface area contributed by atoms with E-state index in [-0.39, 0.29) is 16.9 Å². The van der Waals surface area contributed by atoms with Crippen molar-refractivity contribution in [3.05, 3.63) is 54.7 Å². The van der Waals surface area contributed by atoms with E-state index < -0.39 is 10.8 Å². The molecule has 20 heavy (non-hydrogen) atoms. The van der Waals surface area contributed by atoms with Gasteiger partial charge in [-0.3, -0.25) is 14.9 Å². The number of anilines is 1. The van der Waals surface area contributed by atoms with E-state index in [1.165, 1.54) is 29.5 Å². The summed E-state index contributed by atoms with van der Waals surface area (Å²) in [5.41, 5.74) is 5.82. The minimum absolute atomic E-state index is 0.104. The Labute approximate surface area is 126 Å². The lowest BCUT2D eigenvalue weighted by atomic mass is 10.1. The predicted octanol–water partition coefficient (Wildman–Crippen LogP) is 2.93. The number of benzene rings is 1. The van der Waals surface area contributed by atoms with Crippen molar-refractivity contribution >= 4 is 44.5 Å². The van der Waals surface area contributed by atoms with Gasteiger partial charge in [-0.15, -0.1) is 11.3 Å². The molecule has 0 saturated carbocycles. The van der Waals surface area contributed by atoms with Crippen molar-refractivity contribution in [3.63, 3.8) is 0 Å². The van der Waals surface area contributed by atoms with Crippen LogP contribution in [-0.4, -0.2) is 10.8 Å². The number of nitro benzene ring substituents is 1. The van der Waals surface area contributed by atoms with Crippen LogP contribution in [0, 0.1) is 10.1 Å². The zero-order valence-electron chi connectivity index (χ0n) is 10.1. The van der Waals surface area contributed by atoms with Gasteiger partial charge in [-0.05, 0) is 33.4 Å². The second kappa shape index (κ2) is 6.02. The van der Waals surface area contributed by atoms with Gasteiger partial charge in [-0.1, -0.05) is 0 Å². The summed E-state index contributed by atoms with van der Waals surface area (Å²) in [5, 5.41) is 15.3. The number of nitrogens with zero attached hydrogens (tertiary/aromatic N) is 1. The summed E-state index contributed by atoms with van der Waals surface area (Å²) in [6, 6.07) is 5.68. The number of halogens is 1. The molecule has 1 aromatic heterocycles. The number of hydrogen-bond acceptors (Lipinski definition) is 5. The fourth-order valence-electron chi connectivity index (χ4n) is 1.56. The average Bonchev–Trinajstić information content (AvgIpc) is 2.81. The Kier molecular flexibility index (Phi) is 4.35. The topological polar surface area (TPSA) is 98.3 Å². The van der Waals surface area contributed by atoms with Crippen LogP contribution in [-0.2, 0) is 6.54 Å². The molecule has 0 aliphatic rings. The smallest absolute Gasteiger partial charge is 0.270 e. The molecule has 1 heterocycles. The maximum atomic E-state index is 12.0. The molecule has 104 valence electrons. The maximum absolute atomic E-state index is 12.0. The van der Waals surface area contributed by atoms with Crippen LogP contribution in [0.4, 0.5) is 11.4 Å². The Morgan fingerprint density at radius 1 is 1.45 bits per heavy atom. The monoisotopic (exact) mass is 355 g/mol. The molecule has 1 amide bonds. The maximum Gasteiger partial charge on any atom is 0.270 e. The van der Waals surface area contributed by atoms with Gasteiger partial charge in [0.05, 0.1) is 17.0 Å². The molecule has 1 aromatic carbocycles. The number of carbonyl (C=O) groups excluding carboxylic acids is 1. The fraction of sp³-hybridized carbons (Fsp3) is 0.0833. The molecular weight excluding hydrogens is 346 g/mol. The van der Waals surface area contributed by atoms with Crippen LogP contribution in [0.3, 0.4) is 0 Å². The second-order valence-corrected chi connectivity index (χ2v) is 5.76. The Bertz CT molecular complexity index is 672. The van der Waals surface area contributed by atoms with E-state index in [0.717, 1.165) is 9.35 Å². The lowest BCUT2D eigenvalue weighted by Gasteiger charge is -2.07. The molecule has 3 N–H and O–H groups in total. The molecule has 0 aliphatic heterocycles. The lowest BCUT2D eigenvalue weighted by molar-refractivity contribution is -0.384. The first kappa shape index (κ1) is 14.5. The van der Waals surface area contributed by atoms with Gasteiger partial charge in [0, 0.05) is 27.2 Å². The van der Waals surface area contributed by atoms with Gasteiger partial charge in [0.2, 0.25) is 0 Å². The third kappa shape index (κ3) is 3.14. The predicted molar refractivity (Wildman–Crippen MR) is 80.7 cm³/mol. The van der Waals surface area contributed by atoms with Gasteiger partial charge >= 0.3 is 0 Å². The number of non-ortho nitro benzene ring substituents is 1. The summed E-state index contributed by atoms with van der Waals surface area (Å²) in [5.74, 6) is -0.438. The second-order valence-electron chi connectivity index (χ2n) is 3.90. The van der Waals surface area contributed by atoms with Gasteiger partial charge in [0.15, 0.2) is 0 Å². The van der Waals surface area contributed by atoms with E-state index in [1.807, 2.05) is 11.4 Å². The average molecular weight is 356 g/mol. The molecular formula is C12H10BrN3O3S. The van der Waals surface area contributed by atoms with Gasteiger partial charge in [0.1, 0.15) is 0 Å². The quantitative estimate of drug-likeness (QED) is 0.500. The first-order chi connectivity index (χ1) is 9.49. The molecule has 0 unspecified atom stereocenters. The lowest BCUT2D eigenvalue weighted by Crippen LogP contribution is -2.23. The summed E-state index contributed by atoms with van der Waals surface area (Å²) in [6.45, 7) is 0.333. The van der Waals surface area contributed by atoms with E-state index in [9.17, 15) is 14.9 Å². The van der Waals surface area contributed by atoms with Crippen molar-refractivity contribution < 1.29 is 9.72 Å². The first-order valence-electron chi connectivity index (χ1n) is 5.53. The van der Waals surface area contributed by atoms with Crippen LogP contribution in [0.5, 0.6) is 0 Å². The first-order valence-corrected chi connectivity index (χ1v) is 7.20. The number of hydrogen-bond donors (Lipinski definition) is 2. The number of amides is 1.